The summed E-state index contributed by atoms with van der Waals surface area (Å²) in [6.45, 7) is 6.42. The van der Waals surface area contributed by atoms with E-state index in [1.807, 2.05) is 0 Å². The van der Waals surface area contributed by atoms with Crippen LogP contribution in [0.15, 0.2) is 72.8 Å². The molecular weight excluding hydrogens is 837 g/mol. The Morgan fingerprint density at radius 1 is 0.646 bits per heavy atom. The average molecular weight is 895 g/mol. The number of rotatable bonds is 13. The van der Waals surface area contributed by atoms with Gasteiger partial charge in [-0.1, -0.05) is 39.0 Å². The Kier molecular flexibility index (Phi) is 13.6. The first-order valence-electron chi connectivity index (χ1n) is 22.3. The topological polar surface area (TPSA) is 238 Å². The molecule has 0 aliphatic heterocycles. The minimum Gasteiger partial charge on any atom is -0.504 e. The van der Waals surface area contributed by atoms with Gasteiger partial charge in [-0.3, -0.25) is 4.79 Å². The molecule has 4 aliphatic rings. The lowest BCUT2D eigenvalue weighted by molar-refractivity contribution is -0.222. The second-order valence-corrected chi connectivity index (χ2v) is 18.9. The number of phenols is 6. The number of hydrogen-bond acceptors (Lipinski definition) is 13. The molecule has 14 heteroatoms. The zero-order valence-corrected chi connectivity index (χ0v) is 36.7. The number of hydrogen-bond donors (Lipinski definition) is 7. The van der Waals surface area contributed by atoms with E-state index in [1.165, 1.54) is 72.9 Å². The Morgan fingerprint density at radius 3 is 1.66 bits per heavy atom. The minimum absolute atomic E-state index is 0.00973. The second kappa shape index (κ2) is 19.0. The van der Waals surface area contributed by atoms with E-state index in [1.54, 1.807) is 18.2 Å². The molecule has 0 saturated heterocycles. The van der Waals surface area contributed by atoms with Gasteiger partial charge < -0.3 is 50.0 Å². The lowest BCUT2D eigenvalue weighted by atomic mass is 9.43. The van der Waals surface area contributed by atoms with Crippen LogP contribution in [0.4, 0.5) is 0 Å². The molecule has 7 N–H and O–H groups in total. The van der Waals surface area contributed by atoms with E-state index in [0.29, 0.717) is 55.2 Å². The fourth-order valence-corrected chi connectivity index (χ4v) is 12.0. The van der Waals surface area contributed by atoms with Crippen LogP contribution < -0.4 is 0 Å². The summed E-state index contributed by atoms with van der Waals surface area (Å²) < 4.78 is 19.0. The van der Waals surface area contributed by atoms with Gasteiger partial charge in [-0.15, -0.1) is 0 Å². The van der Waals surface area contributed by atoms with E-state index >= 15 is 0 Å². The predicted octanol–water partition coefficient (Wildman–Crippen LogP) is 8.48. The molecular formula is C51H58O14. The Balaban J connectivity index is 1.20. The standard InChI is InChI=1S/C51H58O14/c1-28(4-16-45(58)59)34-11-12-35-49-36(27-44(51(34,35)3)65-48(62)19-10-31-7-15-39(54)42(57)24-31)50(2)21-20-33(63-46(60)17-8-29-5-13-37(52)40(55)22-29)25-32(50)26-43(49)64-47(61)18-9-30-6-14-38(53)41(56)23-30/h5-10,13-15,17-19,22-24,28,32-36,43-44,49,52-57H,4,11-12,16,20-21,25-27H2,1-3H3,(H,58,59)/b17-8+,18-9+,19-10+/t28?,32?,33-,34?,35+,36+,43-,44+,49+,50+,51-/m1/s1. The summed E-state index contributed by atoms with van der Waals surface area (Å²) in [5.41, 5.74) is 0.447. The third kappa shape index (κ3) is 9.96. The SMILES string of the molecule is CC(CCC(=O)O)C1CC[C@H]2[C@@H]3[C@H](OC(=O)/C=C/c4ccc(O)c(O)c4)CC4C[C@H](OC(=O)/C=C/c5ccc(O)c(O)c5)CC[C@]4(C)[C@H]3C[C@H](OC(=O)/C=C/c3ccc(O)c(O)c3)[C@]12C. The van der Waals surface area contributed by atoms with E-state index in [2.05, 4.69) is 20.8 Å². The Labute approximate surface area is 377 Å². The summed E-state index contributed by atoms with van der Waals surface area (Å²) >= 11 is 0. The van der Waals surface area contributed by atoms with E-state index in [9.17, 15) is 54.9 Å². The Hall–Kier alpha value is -6.44. The van der Waals surface area contributed by atoms with Gasteiger partial charge in [-0.05, 0) is 158 Å². The van der Waals surface area contributed by atoms with Crippen LogP contribution in [0, 0.1) is 46.3 Å². The van der Waals surface area contributed by atoms with Gasteiger partial charge >= 0.3 is 23.9 Å². The molecule has 11 atom stereocenters. The van der Waals surface area contributed by atoms with Crippen LogP contribution in [0.3, 0.4) is 0 Å². The van der Waals surface area contributed by atoms with Gasteiger partial charge in [0, 0.05) is 36.0 Å². The summed E-state index contributed by atoms with van der Waals surface area (Å²) in [6.07, 6.45) is 11.3. The number of aliphatic carboxylic acids is 1. The highest BCUT2D eigenvalue weighted by atomic mass is 16.6. The van der Waals surface area contributed by atoms with Crippen molar-refractivity contribution in [3.8, 4) is 34.5 Å². The third-order valence-corrected chi connectivity index (χ3v) is 15.3. The molecule has 4 saturated carbocycles. The first-order valence-corrected chi connectivity index (χ1v) is 22.3. The molecule has 7 rings (SSSR count). The third-order valence-electron chi connectivity index (χ3n) is 15.3. The number of esters is 3. The fraction of sp³-hybridized carbons (Fsp3) is 0.451. The molecule has 346 valence electrons. The number of phenolic OH excluding ortho intramolecular Hbond substituents is 6. The van der Waals surface area contributed by atoms with Crippen LogP contribution in [-0.4, -0.2) is 77.9 Å². The number of aromatic hydroxyl groups is 6. The van der Waals surface area contributed by atoms with Crippen molar-refractivity contribution in [3.63, 3.8) is 0 Å². The first-order chi connectivity index (χ1) is 30.8. The van der Waals surface area contributed by atoms with Crippen molar-refractivity contribution in [1.29, 1.82) is 0 Å². The number of carbonyl (C=O) groups excluding carboxylic acids is 3. The Bertz CT molecular complexity index is 2380. The van der Waals surface area contributed by atoms with Crippen LogP contribution in [-0.2, 0) is 33.4 Å². The van der Waals surface area contributed by atoms with E-state index < -0.39 is 47.6 Å². The maximum absolute atomic E-state index is 13.9. The van der Waals surface area contributed by atoms with Crippen molar-refractivity contribution < 1.29 is 69.1 Å². The van der Waals surface area contributed by atoms with Crippen LogP contribution >= 0.6 is 0 Å². The van der Waals surface area contributed by atoms with E-state index in [4.69, 9.17) is 14.2 Å². The number of benzene rings is 3. The fourth-order valence-electron chi connectivity index (χ4n) is 12.0. The summed E-state index contributed by atoms with van der Waals surface area (Å²) in [5, 5.41) is 68.9. The van der Waals surface area contributed by atoms with Crippen molar-refractivity contribution in [2.75, 3.05) is 0 Å². The van der Waals surface area contributed by atoms with Gasteiger partial charge in [-0.25, -0.2) is 14.4 Å². The van der Waals surface area contributed by atoms with Crippen molar-refractivity contribution in [2.45, 2.75) is 96.9 Å². The molecule has 0 amide bonds. The summed E-state index contributed by atoms with van der Waals surface area (Å²) in [7, 11) is 0. The summed E-state index contributed by atoms with van der Waals surface area (Å²) in [6, 6.07) is 12.6. The molecule has 4 fully saturated rings. The monoisotopic (exact) mass is 894 g/mol. The largest absolute Gasteiger partial charge is 0.504 e. The van der Waals surface area contributed by atoms with Gasteiger partial charge in [0.25, 0.3) is 0 Å². The van der Waals surface area contributed by atoms with Crippen molar-refractivity contribution >= 4 is 42.1 Å². The molecule has 0 radical (unpaired) electrons. The van der Waals surface area contributed by atoms with Gasteiger partial charge in [0.1, 0.15) is 18.3 Å². The van der Waals surface area contributed by atoms with Gasteiger partial charge in [0.15, 0.2) is 34.5 Å². The highest BCUT2D eigenvalue weighted by Gasteiger charge is 2.67. The van der Waals surface area contributed by atoms with Crippen LogP contribution in [0.5, 0.6) is 34.5 Å². The average Bonchev–Trinajstić information content (AvgIpc) is 3.62. The smallest absolute Gasteiger partial charge is 0.331 e. The maximum atomic E-state index is 13.9. The lowest BCUT2D eigenvalue weighted by Crippen LogP contribution is -2.63. The van der Waals surface area contributed by atoms with Crippen LogP contribution in [0.25, 0.3) is 18.2 Å². The zero-order valence-electron chi connectivity index (χ0n) is 36.7. The molecule has 14 nitrogen and oxygen atoms in total. The highest BCUT2D eigenvalue weighted by Crippen LogP contribution is 2.69. The summed E-state index contributed by atoms with van der Waals surface area (Å²) in [4.78, 5) is 52.6. The quantitative estimate of drug-likeness (QED) is 0.0369. The highest BCUT2D eigenvalue weighted by molar-refractivity contribution is 5.88. The Morgan fingerprint density at radius 2 is 1.15 bits per heavy atom. The van der Waals surface area contributed by atoms with Crippen LogP contribution in [0.2, 0.25) is 0 Å². The van der Waals surface area contributed by atoms with Gasteiger partial charge in [0.2, 0.25) is 0 Å². The van der Waals surface area contributed by atoms with Crippen LogP contribution in [0.1, 0.15) is 95.2 Å². The van der Waals surface area contributed by atoms with E-state index in [0.717, 1.165) is 12.8 Å². The van der Waals surface area contributed by atoms with Gasteiger partial charge in [0.05, 0.1) is 0 Å². The molecule has 0 bridgehead atoms. The number of carboxylic acids is 1. The molecule has 3 aromatic carbocycles. The maximum Gasteiger partial charge on any atom is 0.331 e. The second-order valence-electron chi connectivity index (χ2n) is 18.9. The minimum atomic E-state index is -0.891. The molecule has 0 spiro atoms. The number of fused-ring (bicyclic) bond motifs is 5. The molecule has 0 heterocycles. The molecule has 3 unspecified atom stereocenters. The number of carboxylic acid groups (broad SMARTS) is 1. The summed E-state index contributed by atoms with van der Waals surface area (Å²) in [5.74, 6) is -5.03. The molecule has 0 aromatic heterocycles. The number of carbonyl (C=O) groups is 4. The van der Waals surface area contributed by atoms with Crippen molar-refractivity contribution in [1.82, 2.24) is 0 Å². The lowest BCUT2D eigenvalue weighted by Gasteiger charge is -2.64. The molecule has 65 heavy (non-hydrogen) atoms. The predicted molar refractivity (Wildman–Crippen MR) is 238 cm³/mol. The van der Waals surface area contributed by atoms with Crippen molar-refractivity contribution in [2.24, 2.45) is 46.3 Å². The molecule has 4 aliphatic carbocycles. The van der Waals surface area contributed by atoms with Crippen molar-refractivity contribution in [3.05, 3.63) is 89.5 Å². The van der Waals surface area contributed by atoms with Gasteiger partial charge in [-0.2, -0.15) is 0 Å². The molecule has 3 aromatic rings. The van der Waals surface area contributed by atoms with E-state index in [-0.39, 0.29) is 81.8 Å². The number of ether oxygens (including phenoxy) is 3. The first kappa shape index (κ1) is 46.5. The zero-order chi connectivity index (χ0) is 46.8. The normalized spacial score (nSPS) is 30.0.